The van der Waals surface area contributed by atoms with E-state index in [1.54, 1.807) is 6.08 Å². The Morgan fingerprint density at radius 3 is 2.73 bits per heavy atom. The van der Waals surface area contributed by atoms with Gasteiger partial charge in [-0.3, -0.25) is 9.69 Å². The summed E-state index contributed by atoms with van der Waals surface area (Å²) in [4.78, 5) is 26.0. The van der Waals surface area contributed by atoms with Gasteiger partial charge in [-0.05, 0) is 93.7 Å². The first-order valence-corrected chi connectivity index (χ1v) is 13.8. The second kappa shape index (κ2) is 13.5. The third kappa shape index (κ3) is 7.70. The van der Waals surface area contributed by atoms with Crippen LogP contribution in [-0.2, 0) is 11.3 Å². The number of piperidine rings is 1. The Kier molecular flexibility index (Phi) is 9.80. The van der Waals surface area contributed by atoms with Gasteiger partial charge in [0.25, 0.3) is 0 Å². The Labute approximate surface area is 222 Å². The molecule has 4 rings (SSSR count). The van der Waals surface area contributed by atoms with Crippen LogP contribution >= 0.6 is 0 Å². The number of allylic oxidation sites excluding steroid dienone is 4. The monoisotopic (exact) mass is 499 g/mol. The van der Waals surface area contributed by atoms with Crippen molar-refractivity contribution in [1.82, 2.24) is 19.8 Å². The summed E-state index contributed by atoms with van der Waals surface area (Å²) < 4.78 is 0. The number of ketones is 1. The van der Waals surface area contributed by atoms with E-state index in [2.05, 4.69) is 64.8 Å². The third-order valence-corrected chi connectivity index (χ3v) is 7.21. The van der Waals surface area contributed by atoms with Gasteiger partial charge < -0.3 is 10.2 Å². The van der Waals surface area contributed by atoms with Gasteiger partial charge in [0.1, 0.15) is 0 Å². The van der Waals surface area contributed by atoms with E-state index in [1.165, 1.54) is 50.9 Å². The van der Waals surface area contributed by atoms with Gasteiger partial charge in [0.05, 0.1) is 5.69 Å². The number of aromatic nitrogens is 2. The van der Waals surface area contributed by atoms with Gasteiger partial charge in [0.15, 0.2) is 5.78 Å². The van der Waals surface area contributed by atoms with Crippen molar-refractivity contribution in [3.63, 3.8) is 0 Å². The van der Waals surface area contributed by atoms with E-state index in [9.17, 15) is 4.79 Å². The van der Waals surface area contributed by atoms with Crippen molar-refractivity contribution in [2.75, 3.05) is 38.0 Å². The molecule has 1 N–H and O–H groups in total. The van der Waals surface area contributed by atoms with E-state index >= 15 is 0 Å². The summed E-state index contributed by atoms with van der Waals surface area (Å²) in [6.45, 7) is 14.8. The van der Waals surface area contributed by atoms with Crippen LogP contribution in [0.2, 0.25) is 0 Å². The Hall–Kier alpha value is -3.09. The normalized spacial score (nSPS) is 16.9. The number of nitrogens with one attached hydrogen (secondary N) is 1. The van der Waals surface area contributed by atoms with Crippen LogP contribution in [0.3, 0.4) is 0 Å². The van der Waals surface area contributed by atoms with Gasteiger partial charge in [-0.1, -0.05) is 44.7 Å². The number of hydrogen-bond acceptors (Lipinski definition) is 6. The SMILES string of the molecule is C=C1C=C(CCNc2nccc(-c3cccc(CN(CCC)C4CCN(CCC)CC4)c3)n2)C=CC1=O. The molecule has 37 heavy (non-hydrogen) atoms. The van der Waals surface area contributed by atoms with E-state index in [0.29, 0.717) is 24.1 Å². The minimum atomic E-state index is -0.0230. The number of anilines is 1. The molecular formula is C31H41N5O. The van der Waals surface area contributed by atoms with Crippen molar-refractivity contribution in [1.29, 1.82) is 0 Å². The first-order valence-electron chi connectivity index (χ1n) is 13.8. The van der Waals surface area contributed by atoms with E-state index in [-0.39, 0.29) is 5.78 Å². The third-order valence-electron chi connectivity index (χ3n) is 7.21. The van der Waals surface area contributed by atoms with Crippen LogP contribution < -0.4 is 5.32 Å². The summed E-state index contributed by atoms with van der Waals surface area (Å²) in [6.07, 6.45) is 12.8. The number of carbonyl (C=O) groups is 1. The lowest BCUT2D eigenvalue weighted by Gasteiger charge is -2.38. The Balaban J connectivity index is 1.37. The van der Waals surface area contributed by atoms with Gasteiger partial charge in [0, 0.05) is 36.5 Å². The standard InChI is InChI=1S/C31H41N5O/c1-4-17-35-19-13-28(14-20-35)36(18-5-2)23-26-7-6-8-27(22-26)29-12-16-33-31(34-29)32-15-11-25-9-10-30(37)24(3)21-25/h6-10,12,16,21-22,28H,3-5,11,13-15,17-20,23H2,1-2H3,(H,32,33,34). The lowest BCUT2D eigenvalue weighted by molar-refractivity contribution is -0.111. The molecule has 196 valence electrons. The van der Waals surface area contributed by atoms with Crippen LogP contribution in [0.5, 0.6) is 0 Å². The summed E-state index contributed by atoms with van der Waals surface area (Å²) >= 11 is 0. The average molecular weight is 500 g/mol. The van der Waals surface area contributed by atoms with Crippen LogP contribution in [0.4, 0.5) is 5.95 Å². The van der Waals surface area contributed by atoms with Crippen molar-refractivity contribution in [2.45, 2.75) is 58.5 Å². The fourth-order valence-electron chi connectivity index (χ4n) is 5.28. The maximum Gasteiger partial charge on any atom is 0.223 e. The molecule has 2 heterocycles. The van der Waals surface area contributed by atoms with E-state index < -0.39 is 0 Å². The van der Waals surface area contributed by atoms with Gasteiger partial charge in [-0.2, -0.15) is 0 Å². The van der Waals surface area contributed by atoms with Crippen molar-refractivity contribution in [3.8, 4) is 11.3 Å². The molecule has 0 spiro atoms. The minimum absolute atomic E-state index is 0.0230. The highest BCUT2D eigenvalue weighted by molar-refractivity contribution is 6.07. The van der Waals surface area contributed by atoms with Crippen molar-refractivity contribution < 1.29 is 4.79 Å². The van der Waals surface area contributed by atoms with E-state index in [1.807, 2.05) is 24.4 Å². The fourth-order valence-corrected chi connectivity index (χ4v) is 5.28. The fraction of sp³-hybridized carbons (Fsp3) is 0.452. The molecule has 0 unspecified atom stereocenters. The number of benzene rings is 1. The van der Waals surface area contributed by atoms with Gasteiger partial charge in [-0.15, -0.1) is 0 Å². The van der Waals surface area contributed by atoms with Gasteiger partial charge in [0.2, 0.25) is 5.95 Å². The van der Waals surface area contributed by atoms with Gasteiger partial charge in [-0.25, -0.2) is 9.97 Å². The molecule has 1 fully saturated rings. The van der Waals surface area contributed by atoms with Crippen molar-refractivity contribution >= 4 is 11.7 Å². The molecular weight excluding hydrogens is 458 g/mol. The highest BCUT2D eigenvalue weighted by Gasteiger charge is 2.24. The molecule has 0 saturated carbocycles. The zero-order valence-corrected chi connectivity index (χ0v) is 22.5. The van der Waals surface area contributed by atoms with Crippen LogP contribution in [-0.4, -0.2) is 64.3 Å². The Morgan fingerprint density at radius 1 is 1.14 bits per heavy atom. The molecule has 0 radical (unpaired) electrons. The molecule has 2 aliphatic rings. The number of hydrogen-bond donors (Lipinski definition) is 1. The minimum Gasteiger partial charge on any atom is -0.354 e. The maximum atomic E-state index is 11.6. The largest absolute Gasteiger partial charge is 0.354 e. The highest BCUT2D eigenvalue weighted by atomic mass is 16.1. The first kappa shape index (κ1) is 27.0. The summed E-state index contributed by atoms with van der Waals surface area (Å²) in [5, 5.41) is 3.32. The zero-order valence-electron chi connectivity index (χ0n) is 22.5. The lowest BCUT2D eigenvalue weighted by Crippen LogP contribution is -2.45. The smallest absolute Gasteiger partial charge is 0.223 e. The quantitative estimate of drug-likeness (QED) is 0.381. The summed E-state index contributed by atoms with van der Waals surface area (Å²) in [7, 11) is 0. The summed E-state index contributed by atoms with van der Waals surface area (Å²) in [5.41, 5.74) is 4.99. The second-order valence-corrected chi connectivity index (χ2v) is 10.1. The van der Waals surface area contributed by atoms with Crippen LogP contribution in [0, 0.1) is 0 Å². The number of carbonyl (C=O) groups excluding carboxylic acids is 1. The molecule has 6 heteroatoms. The Bertz CT molecular complexity index is 1130. The topological polar surface area (TPSA) is 61.4 Å². The molecule has 1 aromatic heterocycles. The first-order chi connectivity index (χ1) is 18.1. The molecule has 1 aliphatic carbocycles. The van der Waals surface area contributed by atoms with Crippen molar-refractivity contribution in [2.24, 2.45) is 0 Å². The molecule has 1 aliphatic heterocycles. The average Bonchev–Trinajstić information content (AvgIpc) is 2.91. The Morgan fingerprint density at radius 2 is 1.97 bits per heavy atom. The lowest BCUT2D eigenvalue weighted by atomic mass is 10.0. The predicted octanol–water partition coefficient (Wildman–Crippen LogP) is 5.65. The van der Waals surface area contributed by atoms with E-state index in [4.69, 9.17) is 4.98 Å². The van der Waals surface area contributed by atoms with Gasteiger partial charge >= 0.3 is 0 Å². The van der Waals surface area contributed by atoms with Crippen LogP contribution in [0.1, 0.15) is 51.5 Å². The number of rotatable bonds is 12. The summed E-state index contributed by atoms with van der Waals surface area (Å²) in [6, 6.07) is 11.4. The zero-order chi connectivity index (χ0) is 26.0. The molecule has 1 aromatic carbocycles. The highest BCUT2D eigenvalue weighted by Crippen LogP contribution is 2.23. The molecule has 1 saturated heterocycles. The van der Waals surface area contributed by atoms with E-state index in [0.717, 1.165) is 36.3 Å². The molecule has 2 aromatic rings. The molecule has 0 atom stereocenters. The van der Waals surface area contributed by atoms with Crippen LogP contribution in [0.25, 0.3) is 11.3 Å². The maximum absolute atomic E-state index is 11.6. The number of nitrogens with zero attached hydrogens (tertiary/aromatic N) is 4. The summed E-state index contributed by atoms with van der Waals surface area (Å²) in [5.74, 6) is 0.592. The van der Waals surface area contributed by atoms with Crippen LogP contribution in [0.15, 0.2) is 72.5 Å². The molecule has 0 amide bonds. The molecule has 6 nitrogen and oxygen atoms in total. The number of likely N-dealkylation sites (tertiary alicyclic amines) is 1. The van der Waals surface area contributed by atoms with Crippen molar-refractivity contribution in [3.05, 3.63) is 78.0 Å². The predicted molar refractivity (Wildman–Crippen MR) is 152 cm³/mol. The second-order valence-electron chi connectivity index (χ2n) is 10.1. The molecule has 0 bridgehead atoms.